The predicted molar refractivity (Wildman–Crippen MR) is 114 cm³/mol. The number of thiophene rings is 1. The molecule has 4 aromatic rings. The smallest absolute Gasteiger partial charge is 0.259 e. The lowest BCUT2D eigenvalue weighted by Gasteiger charge is -2.29. The molecule has 1 spiro atoms. The Bertz CT molecular complexity index is 1330. The van der Waals surface area contributed by atoms with E-state index in [9.17, 15) is 4.79 Å². The molecule has 2 N–H and O–H groups in total. The summed E-state index contributed by atoms with van der Waals surface area (Å²) in [6.07, 6.45) is 6.73. The molecular formula is C21H22N6OS. The number of aromatic nitrogens is 5. The molecule has 0 aromatic carbocycles. The number of piperidine rings is 1. The molecule has 0 bridgehead atoms. The second-order valence-electron chi connectivity index (χ2n) is 8.54. The van der Waals surface area contributed by atoms with E-state index in [-0.39, 0.29) is 5.56 Å². The van der Waals surface area contributed by atoms with Crippen molar-refractivity contribution < 1.29 is 0 Å². The lowest BCUT2D eigenvalue weighted by Crippen LogP contribution is -2.39. The van der Waals surface area contributed by atoms with Crippen LogP contribution in [-0.4, -0.2) is 36.6 Å². The van der Waals surface area contributed by atoms with Crippen LogP contribution in [0.15, 0.2) is 23.1 Å². The average molecular weight is 407 g/mol. The first-order valence-electron chi connectivity index (χ1n) is 10.1. The molecule has 1 aliphatic carbocycles. The van der Waals surface area contributed by atoms with Crippen LogP contribution in [0, 0.1) is 13.8 Å². The van der Waals surface area contributed by atoms with Gasteiger partial charge in [0.25, 0.3) is 5.56 Å². The van der Waals surface area contributed by atoms with Crippen molar-refractivity contribution >= 4 is 27.2 Å². The highest BCUT2D eigenvalue weighted by Crippen LogP contribution is 2.48. The van der Waals surface area contributed by atoms with Gasteiger partial charge in [0, 0.05) is 10.4 Å². The van der Waals surface area contributed by atoms with Crippen LogP contribution in [0.4, 0.5) is 0 Å². The number of hydrogen-bond acceptors (Lipinski definition) is 6. The van der Waals surface area contributed by atoms with Crippen molar-refractivity contribution in [3.8, 4) is 11.5 Å². The average Bonchev–Trinajstić information content (AvgIpc) is 3.13. The van der Waals surface area contributed by atoms with E-state index in [2.05, 4.69) is 26.4 Å². The number of hydrogen-bond donors (Lipinski definition) is 2. The lowest BCUT2D eigenvalue weighted by atomic mass is 9.89. The Balaban J connectivity index is 1.43. The highest BCUT2D eigenvalue weighted by molar-refractivity contribution is 7.18. The van der Waals surface area contributed by atoms with Crippen molar-refractivity contribution in [3.05, 3.63) is 44.8 Å². The van der Waals surface area contributed by atoms with Crippen LogP contribution in [0.3, 0.4) is 0 Å². The number of imidazole rings is 1. The summed E-state index contributed by atoms with van der Waals surface area (Å²) >= 11 is 1.66. The first-order chi connectivity index (χ1) is 14.0. The largest absolute Gasteiger partial charge is 0.311 e. The Kier molecular flexibility index (Phi) is 3.56. The molecule has 148 valence electrons. The zero-order chi connectivity index (χ0) is 19.8. The molecule has 4 aromatic heterocycles. The highest BCUT2D eigenvalue weighted by atomic mass is 32.1. The van der Waals surface area contributed by atoms with E-state index >= 15 is 0 Å². The van der Waals surface area contributed by atoms with E-state index in [0.717, 1.165) is 34.7 Å². The number of aryl methyl sites for hydroxylation is 2. The Morgan fingerprint density at radius 2 is 2.10 bits per heavy atom. The summed E-state index contributed by atoms with van der Waals surface area (Å²) in [5.74, 6) is 1.03. The molecule has 6 rings (SSSR count). The third-order valence-electron chi connectivity index (χ3n) is 6.28. The van der Waals surface area contributed by atoms with Crippen molar-refractivity contribution in [1.29, 1.82) is 0 Å². The summed E-state index contributed by atoms with van der Waals surface area (Å²) in [6.45, 7) is 5.00. The molecule has 0 amide bonds. The minimum Gasteiger partial charge on any atom is -0.311 e. The first kappa shape index (κ1) is 17.3. The van der Waals surface area contributed by atoms with Gasteiger partial charge in [0.1, 0.15) is 10.5 Å². The number of rotatable bonds is 2. The second-order valence-corrected chi connectivity index (χ2v) is 9.60. The summed E-state index contributed by atoms with van der Waals surface area (Å²) in [5.41, 5.74) is 3.66. The molecule has 8 heteroatoms. The Hall–Kier alpha value is -2.58. The van der Waals surface area contributed by atoms with Gasteiger partial charge in [-0.15, -0.1) is 11.3 Å². The van der Waals surface area contributed by atoms with Crippen molar-refractivity contribution in [2.24, 2.45) is 0 Å². The summed E-state index contributed by atoms with van der Waals surface area (Å²) in [7, 11) is 0. The quantitative estimate of drug-likeness (QED) is 0.533. The summed E-state index contributed by atoms with van der Waals surface area (Å²) in [4.78, 5) is 27.1. The van der Waals surface area contributed by atoms with Gasteiger partial charge in [0.2, 0.25) is 0 Å². The summed E-state index contributed by atoms with van der Waals surface area (Å²) in [6, 6.07) is 3.99. The van der Waals surface area contributed by atoms with Crippen LogP contribution < -0.4 is 10.9 Å². The molecule has 2 fully saturated rings. The van der Waals surface area contributed by atoms with Gasteiger partial charge in [-0.2, -0.15) is 5.10 Å². The molecule has 1 saturated heterocycles. The van der Waals surface area contributed by atoms with Gasteiger partial charge < -0.3 is 10.3 Å². The first-order valence-corrected chi connectivity index (χ1v) is 10.9. The topological polar surface area (TPSA) is 88.0 Å². The van der Waals surface area contributed by atoms with Gasteiger partial charge in [-0.05, 0) is 69.7 Å². The third kappa shape index (κ3) is 2.81. The molecule has 0 radical (unpaired) electrons. The van der Waals surface area contributed by atoms with E-state index < -0.39 is 0 Å². The minimum atomic E-state index is -0.0936. The normalized spacial score (nSPS) is 20.7. The Labute approximate surface area is 171 Å². The summed E-state index contributed by atoms with van der Waals surface area (Å²) < 4.78 is 1.76. The minimum absolute atomic E-state index is 0.0936. The molecule has 5 heterocycles. The fourth-order valence-electron chi connectivity index (χ4n) is 4.57. The Morgan fingerprint density at radius 1 is 1.24 bits per heavy atom. The van der Waals surface area contributed by atoms with Gasteiger partial charge in [-0.1, -0.05) is 0 Å². The van der Waals surface area contributed by atoms with E-state index in [1.807, 2.05) is 26.1 Å². The molecule has 2 aliphatic rings. The van der Waals surface area contributed by atoms with Crippen LogP contribution in [0.25, 0.3) is 27.4 Å². The SMILES string of the molecule is Cc1cn2nc(-c3nc4sc(C5CCNC6(CC6)C5)cc4c(=O)[nH]3)cc(C)c2n1. The fourth-order valence-corrected chi connectivity index (χ4v) is 5.73. The van der Waals surface area contributed by atoms with Crippen molar-refractivity contribution in [1.82, 2.24) is 29.9 Å². The summed E-state index contributed by atoms with van der Waals surface area (Å²) in [5, 5.41) is 8.98. The molecule has 1 aliphatic heterocycles. The maximum absolute atomic E-state index is 12.8. The predicted octanol–water partition coefficient (Wildman–Crippen LogP) is 3.31. The van der Waals surface area contributed by atoms with E-state index in [4.69, 9.17) is 4.98 Å². The monoisotopic (exact) mass is 406 g/mol. The van der Waals surface area contributed by atoms with Gasteiger partial charge in [-0.3, -0.25) is 4.79 Å². The number of nitrogens with one attached hydrogen (secondary N) is 2. The van der Waals surface area contributed by atoms with Gasteiger partial charge in [-0.25, -0.2) is 14.5 Å². The molecule has 1 atom stereocenters. The maximum Gasteiger partial charge on any atom is 0.259 e. The van der Waals surface area contributed by atoms with Crippen LogP contribution in [0.2, 0.25) is 0 Å². The molecule has 7 nitrogen and oxygen atoms in total. The van der Waals surface area contributed by atoms with Crippen molar-refractivity contribution in [2.45, 2.75) is 51.0 Å². The van der Waals surface area contributed by atoms with Crippen molar-refractivity contribution in [2.75, 3.05) is 6.54 Å². The highest BCUT2D eigenvalue weighted by Gasteiger charge is 2.46. The number of aromatic amines is 1. The van der Waals surface area contributed by atoms with Crippen molar-refractivity contribution in [3.63, 3.8) is 0 Å². The van der Waals surface area contributed by atoms with Crippen LogP contribution in [-0.2, 0) is 0 Å². The molecular weight excluding hydrogens is 384 g/mol. The molecule has 1 unspecified atom stereocenters. The van der Waals surface area contributed by atoms with E-state index in [0.29, 0.717) is 28.4 Å². The third-order valence-corrected chi connectivity index (χ3v) is 7.47. The standard InChI is InChI=1S/C21H22N6OS/c1-11-7-15(26-27-10-12(2)23-18(11)27)17-24-19(28)14-8-16(29-20(14)25-17)13-3-6-22-21(9-13)4-5-21/h7-8,10,13,22H,3-6,9H2,1-2H3,(H,24,25,28). The van der Waals surface area contributed by atoms with Gasteiger partial charge in [0.05, 0.1) is 17.3 Å². The molecule has 29 heavy (non-hydrogen) atoms. The van der Waals surface area contributed by atoms with Crippen LogP contribution in [0.5, 0.6) is 0 Å². The van der Waals surface area contributed by atoms with Crippen LogP contribution >= 0.6 is 11.3 Å². The fraction of sp³-hybridized carbons (Fsp3) is 0.429. The zero-order valence-electron chi connectivity index (χ0n) is 16.5. The lowest BCUT2D eigenvalue weighted by molar-refractivity contribution is 0.349. The number of H-pyrrole nitrogens is 1. The van der Waals surface area contributed by atoms with Gasteiger partial charge in [0.15, 0.2) is 11.5 Å². The second kappa shape index (κ2) is 5.96. The molecule has 1 saturated carbocycles. The zero-order valence-corrected chi connectivity index (χ0v) is 17.3. The number of nitrogens with zero attached hydrogens (tertiary/aromatic N) is 4. The van der Waals surface area contributed by atoms with Gasteiger partial charge >= 0.3 is 0 Å². The van der Waals surface area contributed by atoms with E-state index in [1.54, 1.807) is 15.9 Å². The van der Waals surface area contributed by atoms with Crippen LogP contribution in [0.1, 0.15) is 47.7 Å². The Morgan fingerprint density at radius 3 is 2.93 bits per heavy atom. The van der Waals surface area contributed by atoms with E-state index in [1.165, 1.54) is 24.1 Å². The maximum atomic E-state index is 12.8. The number of fused-ring (bicyclic) bond motifs is 2.